The standard InChI is InChI=1S/C21H22N4OS/c1-13(2)14(3)22-19(26)12-27-21-24-16-9-5-4-8-15(16)20-23-17-10-6-7-11-18(17)25(20)21/h4-11,13-14H,12H2,1-3H3,(H,22,26)/t14-/m1/s1. The van der Waals surface area contributed by atoms with Gasteiger partial charge in [0.25, 0.3) is 0 Å². The fourth-order valence-corrected chi connectivity index (χ4v) is 3.82. The first kappa shape index (κ1) is 17.8. The maximum Gasteiger partial charge on any atom is 0.230 e. The van der Waals surface area contributed by atoms with Crippen molar-refractivity contribution in [2.24, 2.45) is 5.92 Å². The number of carbonyl (C=O) groups is 1. The Balaban J connectivity index is 1.76. The van der Waals surface area contributed by atoms with Crippen LogP contribution in [0, 0.1) is 5.92 Å². The van der Waals surface area contributed by atoms with Gasteiger partial charge in [-0.2, -0.15) is 0 Å². The number of thioether (sulfide) groups is 1. The summed E-state index contributed by atoms with van der Waals surface area (Å²) >= 11 is 1.45. The molecule has 0 bridgehead atoms. The molecule has 0 aliphatic rings. The average molecular weight is 379 g/mol. The van der Waals surface area contributed by atoms with Gasteiger partial charge in [0.15, 0.2) is 5.16 Å². The largest absolute Gasteiger partial charge is 0.353 e. The van der Waals surface area contributed by atoms with Gasteiger partial charge in [0.1, 0.15) is 5.65 Å². The van der Waals surface area contributed by atoms with Crippen LogP contribution < -0.4 is 5.32 Å². The highest BCUT2D eigenvalue weighted by Gasteiger charge is 2.16. The third kappa shape index (κ3) is 3.37. The quantitative estimate of drug-likeness (QED) is 0.416. The van der Waals surface area contributed by atoms with E-state index in [0.717, 1.165) is 32.7 Å². The molecule has 0 spiro atoms. The third-order valence-electron chi connectivity index (χ3n) is 4.83. The van der Waals surface area contributed by atoms with Crippen LogP contribution in [-0.4, -0.2) is 32.1 Å². The molecule has 2 aromatic carbocycles. The zero-order valence-electron chi connectivity index (χ0n) is 15.6. The monoisotopic (exact) mass is 378 g/mol. The van der Waals surface area contributed by atoms with Crippen molar-refractivity contribution in [1.29, 1.82) is 0 Å². The lowest BCUT2D eigenvalue weighted by atomic mass is 10.1. The van der Waals surface area contributed by atoms with Crippen molar-refractivity contribution in [2.45, 2.75) is 32.0 Å². The number of aromatic nitrogens is 3. The van der Waals surface area contributed by atoms with Crippen LogP contribution in [0.25, 0.3) is 27.6 Å². The summed E-state index contributed by atoms with van der Waals surface area (Å²) in [5, 5.41) is 4.85. The number of para-hydroxylation sites is 3. The van der Waals surface area contributed by atoms with Crippen molar-refractivity contribution in [3.05, 3.63) is 48.5 Å². The minimum Gasteiger partial charge on any atom is -0.353 e. The lowest BCUT2D eigenvalue weighted by Gasteiger charge is -2.17. The first-order valence-electron chi connectivity index (χ1n) is 9.12. The Hall–Kier alpha value is -2.60. The van der Waals surface area contributed by atoms with Gasteiger partial charge in [-0.1, -0.05) is 49.9 Å². The van der Waals surface area contributed by atoms with Gasteiger partial charge in [-0.3, -0.25) is 9.20 Å². The maximum atomic E-state index is 12.3. The Morgan fingerprint density at radius 3 is 2.52 bits per heavy atom. The Morgan fingerprint density at radius 1 is 1.04 bits per heavy atom. The number of fused-ring (bicyclic) bond motifs is 5. The minimum absolute atomic E-state index is 0.0220. The van der Waals surface area contributed by atoms with E-state index in [1.54, 1.807) is 0 Å². The van der Waals surface area contributed by atoms with Gasteiger partial charge in [-0.25, -0.2) is 9.97 Å². The number of nitrogens with zero attached hydrogens (tertiary/aromatic N) is 3. The van der Waals surface area contributed by atoms with E-state index in [0.29, 0.717) is 11.7 Å². The molecule has 0 aliphatic carbocycles. The van der Waals surface area contributed by atoms with Gasteiger partial charge < -0.3 is 5.32 Å². The Labute approximate surface area is 162 Å². The maximum absolute atomic E-state index is 12.3. The summed E-state index contributed by atoms with van der Waals surface area (Å²) in [5.41, 5.74) is 3.69. The molecular weight excluding hydrogens is 356 g/mol. The highest BCUT2D eigenvalue weighted by molar-refractivity contribution is 7.99. The summed E-state index contributed by atoms with van der Waals surface area (Å²) in [6, 6.07) is 16.2. The predicted molar refractivity (Wildman–Crippen MR) is 111 cm³/mol. The molecule has 6 heteroatoms. The Kier molecular flexibility index (Phi) is 4.74. The molecule has 4 rings (SSSR count). The zero-order chi connectivity index (χ0) is 19.0. The van der Waals surface area contributed by atoms with Crippen LogP contribution in [0.1, 0.15) is 20.8 Å². The van der Waals surface area contributed by atoms with Crippen LogP contribution in [-0.2, 0) is 4.79 Å². The second-order valence-electron chi connectivity index (χ2n) is 7.06. The smallest absolute Gasteiger partial charge is 0.230 e. The van der Waals surface area contributed by atoms with Crippen LogP contribution in [0.3, 0.4) is 0 Å². The van der Waals surface area contributed by atoms with Crippen LogP contribution in [0.5, 0.6) is 0 Å². The van der Waals surface area contributed by atoms with Crippen molar-refractivity contribution in [2.75, 3.05) is 5.75 Å². The summed E-state index contributed by atoms with van der Waals surface area (Å²) in [7, 11) is 0. The number of carbonyl (C=O) groups excluding carboxylic acids is 1. The van der Waals surface area contributed by atoms with Crippen molar-refractivity contribution in [3.8, 4) is 0 Å². The number of benzene rings is 2. The zero-order valence-corrected chi connectivity index (χ0v) is 16.5. The molecular formula is C21H22N4OS. The molecule has 4 aromatic rings. The van der Waals surface area contributed by atoms with Gasteiger partial charge >= 0.3 is 0 Å². The highest BCUT2D eigenvalue weighted by atomic mass is 32.2. The summed E-state index contributed by atoms with van der Waals surface area (Å²) in [6.45, 7) is 6.23. The second kappa shape index (κ2) is 7.19. The molecule has 1 N–H and O–H groups in total. The summed E-state index contributed by atoms with van der Waals surface area (Å²) < 4.78 is 2.06. The van der Waals surface area contributed by atoms with Gasteiger partial charge in [0.05, 0.1) is 22.3 Å². The highest BCUT2D eigenvalue weighted by Crippen LogP contribution is 2.28. The summed E-state index contributed by atoms with van der Waals surface area (Å²) in [4.78, 5) is 22.0. The van der Waals surface area contributed by atoms with Crippen LogP contribution in [0.4, 0.5) is 0 Å². The molecule has 1 amide bonds. The van der Waals surface area contributed by atoms with Crippen molar-refractivity contribution < 1.29 is 4.79 Å². The predicted octanol–water partition coefficient (Wildman–Crippen LogP) is 4.29. The topological polar surface area (TPSA) is 59.3 Å². The van der Waals surface area contributed by atoms with E-state index in [1.165, 1.54) is 11.8 Å². The second-order valence-corrected chi connectivity index (χ2v) is 8.00. The van der Waals surface area contributed by atoms with Crippen LogP contribution >= 0.6 is 11.8 Å². The van der Waals surface area contributed by atoms with Crippen molar-refractivity contribution in [1.82, 2.24) is 19.7 Å². The number of rotatable bonds is 5. The van der Waals surface area contributed by atoms with Gasteiger partial charge in [-0.05, 0) is 37.1 Å². The lowest BCUT2D eigenvalue weighted by molar-refractivity contribution is -0.119. The van der Waals surface area contributed by atoms with E-state index >= 15 is 0 Å². The van der Waals surface area contributed by atoms with Crippen molar-refractivity contribution >= 4 is 45.3 Å². The van der Waals surface area contributed by atoms with E-state index in [-0.39, 0.29) is 11.9 Å². The molecule has 27 heavy (non-hydrogen) atoms. The number of hydrogen-bond acceptors (Lipinski definition) is 4. The van der Waals surface area contributed by atoms with E-state index in [1.807, 2.05) is 55.5 Å². The third-order valence-corrected chi connectivity index (χ3v) is 5.77. The van der Waals surface area contributed by atoms with E-state index in [4.69, 9.17) is 9.97 Å². The first-order chi connectivity index (χ1) is 13.0. The Bertz CT molecular complexity index is 1140. The lowest BCUT2D eigenvalue weighted by Crippen LogP contribution is -2.37. The molecule has 0 radical (unpaired) electrons. The fourth-order valence-electron chi connectivity index (χ4n) is 3.00. The summed E-state index contributed by atoms with van der Waals surface area (Å²) in [5.74, 6) is 0.750. The normalized spacial score (nSPS) is 12.9. The molecule has 2 heterocycles. The molecule has 0 saturated carbocycles. The van der Waals surface area contributed by atoms with E-state index in [9.17, 15) is 4.79 Å². The minimum atomic E-state index is 0.0220. The number of amides is 1. The molecule has 138 valence electrons. The molecule has 1 atom stereocenters. The number of hydrogen-bond donors (Lipinski definition) is 1. The average Bonchev–Trinajstić information content (AvgIpc) is 3.06. The fraction of sp³-hybridized carbons (Fsp3) is 0.286. The van der Waals surface area contributed by atoms with Gasteiger partial charge in [-0.15, -0.1) is 0 Å². The SMILES string of the molecule is CC(C)[C@@H](C)NC(=O)CSc1nc2ccccc2c2nc3ccccc3n12. The van der Waals surface area contributed by atoms with Crippen LogP contribution in [0.15, 0.2) is 53.7 Å². The van der Waals surface area contributed by atoms with E-state index in [2.05, 4.69) is 23.6 Å². The molecule has 2 aromatic heterocycles. The number of nitrogens with one attached hydrogen (secondary N) is 1. The Morgan fingerprint density at radius 2 is 1.74 bits per heavy atom. The van der Waals surface area contributed by atoms with E-state index < -0.39 is 0 Å². The molecule has 0 fully saturated rings. The van der Waals surface area contributed by atoms with Crippen LogP contribution in [0.2, 0.25) is 0 Å². The molecule has 5 nitrogen and oxygen atoms in total. The van der Waals surface area contributed by atoms with Gasteiger partial charge in [0, 0.05) is 11.4 Å². The summed E-state index contributed by atoms with van der Waals surface area (Å²) in [6.07, 6.45) is 0. The van der Waals surface area contributed by atoms with Gasteiger partial charge in [0.2, 0.25) is 5.91 Å². The molecule has 0 unspecified atom stereocenters. The first-order valence-corrected chi connectivity index (χ1v) is 10.1. The molecule has 0 saturated heterocycles. The molecule has 0 aliphatic heterocycles. The number of imidazole rings is 1. The van der Waals surface area contributed by atoms with Crippen molar-refractivity contribution in [3.63, 3.8) is 0 Å².